The maximum absolute atomic E-state index is 12.2. The zero-order valence-electron chi connectivity index (χ0n) is 13.5. The number of nitrogens with zero attached hydrogens (tertiary/aromatic N) is 1. The van der Waals surface area contributed by atoms with Crippen molar-refractivity contribution in [3.63, 3.8) is 0 Å². The van der Waals surface area contributed by atoms with Gasteiger partial charge in [-0.05, 0) is 26.3 Å². The van der Waals surface area contributed by atoms with Crippen LogP contribution in [-0.4, -0.2) is 47.6 Å². The molecule has 124 valence electrons. The molecule has 1 aromatic carbocycles. The van der Waals surface area contributed by atoms with Crippen LogP contribution < -0.4 is 9.47 Å². The molecule has 23 heavy (non-hydrogen) atoms. The van der Waals surface area contributed by atoms with Gasteiger partial charge in [-0.3, -0.25) is 9.59 Å². The smallest absolute Gasteiger partial charge is 0.223 e. The summed E-state index contributed by atoms with van der Waals surface area (Å²) in [7, 11) is 1.49. The number of aldehydes is 1. The van der Waals surface area contributed by atoms with E-state index in [1.165, 1.54) is 7.11 Å². The van der Waals surface area contributed by atoms with Gasteiger partial charge in [0.05, 0.1) is 18.7 Å². The molecule has 0 bridgehead atoms. The van der Waals surface area contributed by atoms with Gasteiger partial charge in [0.1, 0.15) is 23.2 Å². The van der Waals surface area contributed by atoms with E-state index in [-0.39, 0.29) is 5.91 Å². The average molecular weight is 319 g/mol. The molecule has 0 aliphatic carbocycles. The lowest BCUT2D eigenvalue weighted by Crippen LogP contribution is -2.53. The van der Waals surface area contributed by atoms with Crippen LogP contribution in [0.15, 0.2) is 12.1 Å². The van der Waals surface area contributed by atoms with Crippen LogP contribution in [0.3, 0.4) is 0 Å². The molecule has 2 aliphatic rings. The lowest BCUT2D eigenvalue weighted by atomic mass is 9.85. The molecule has 0 aromatic heterocycles. The number of aliphatic hydroxyl groups excluding tert-OH is 1. The first kappa shape index (κ1) is 15.8. The lowest BCUT2D eigenvalue weighted by molar-refractivity contribution is -0.139. The Kier molecular flexibility index (Phi) is 3.80. The molecule has 6 heteroatoms. The number of carbonyl (C=O) groups is 2. The second-order valence-electron chi connectivity index (χ2n) is 6.54. The van der Waals surface area contributed by atoms with Crippen molar-refractivity contribution in [3.8, 4) is 11.5 Å². The van der Waals surface area contributed by atoms with Crippen molar-refractivity contribution in [1.29, 1.82) is 0 Å². The van der Waals surface area contributed by atoms with E-state index >= 15 is 0 Å². The van der Waals surface area contributed by atoms with Crippen molar-refractivity contribution in [2.24, 2.45) is 0 Å². The van der Waals surface area contributed by atoms with Crippen molar-refractivity contribution in [2.75, 3.05) is 13.7 Å². The number of benzene rings is 1. The zero-order chi connectivity index (χ0) is 16.8. The number of likely N-dealkylation sites (tertiary alicyclic amines) is 1. The number of methoxy groups -OCH3 is 1. The molecule has 0 unspecified atom stereocenters. The summed E-state index contributed by atoms with van der Waals surface area (Å²) in [4.78, 5) is 25.2. The molecule has 1 fully saturated rings. The molecule has 0 saturated carbocycles. The van der Waals surface area contributed by atoms with E-state index in [2.05, 4.69) is 0 Å². The summed E-state index contributed by atoms with van der Waals surface area (Å²) in [6.45, 7) is 4.17. The zero-order valence-corrected chi connectivity index (χ0v) is 13.5. The van der Waals surface area contributed by atoms with Crippen LogP contribution in [0.2, 0.25) is 0 Å². The van der Waals surface area contributed by atoms with E-state index in [4.69, 9.17) is 9.47 Å². The van der Waals surface area contributed by atoms with Gasteiger partial charge in [0.2, 0.25) is 5.91 Å². The monoisotopic (exact) mass is 319 g/mol. The number of hydrogen-bond donors (Lipinski definition) is 1. The van der Waals surface area contributed by atoms with E-state index in [0.717, 1.165) is 6.42 Å². The highest BCUT2D eigenvalue weighted by Crippen LogP contribution is 2.46. The van der Waals surface area contributed by atoms with E-state index in [0.29, 0.717) is 41.9 Å². The van der Waals surface area contributed by atoms with Crippen LogP contribution in [0, 0.1) is 0 Å². The summed E-state index contributed by atoms with van der Waals surface area (Å²) in [6.07, 6.45) is 1.07. The number of carbonyl (C=O) groups excluding carboxylic acids is 2. The second-order valence-corrected chi connectivity index (χ2v) is 6.54. The van der Waals surface area contributed by atoms with Crippen LogP contribution in [-0.2, 0) is 4.79 Å². The predicted molar refractivity (Wildman–Crippen MR) is 82.8 cm³/mol. The van der Waals surface area contributed by atoms with E-state index in [1.807, 2.05) is 0 Å². The highest BCUT2D eigenvalue weighted by molar-refractivity contribution is 5.82. The van der Waals surface area contributed by atoms with Crippen LogP contribution in [0.1, 0.15) is 48.7 Å². The number of fused-ring (bicyclic) bond motifs is 1. The third-order valence-corrected chi connectivity index (χ3v) is 4.64. The van der Waals surface area contributed by atoms with Crippen molar-refractivity contribution in [2.45, 2.75) is 44.4 Å². The molecular weight excluding hydrogens is 298 g/mol. The Morgan fingerprint density at radius 2 is 2.17 bits per heavy atom. The summed E-state index contributed by atoms with van der Waals surface area (Å²) in [6, 6.07) is 2.78. The molecule has 3 rings (SSSR count). The summed E-state index contributed by atoms with van der Waals surface area (Å²) in [5.74, 6) is 0.964. The maximum atomic E-state index is 12.2. The third kappa shape index (κ3) is 2.47. The summed E-state index contributed by atoms with van der Waals surface area (Å²) in [5.41, 5.74) is 0.169. The highest BCUT2D eigenvalue weighted by atomic mass is 16.5. The van der Waals surface area contributed by atoms with Gasteiger partial charge in [0.15, 0.2) is 6.29 Å². The van der Waals surface area contributed by atoms with Crippen LogP contribution >= 0.6 is 0 Å². The minimum atomic E-state index is -0.884. The van der Waals surface area contributed by atoms with Gasteiger partial charge in [0, 0.05) is 24.6 Å². The minimum absolute atomic E-state index is 0.0150. The standard InChI is InChI=1S/C17H21NO5/c1-17(2)16(21)15(18-6-4-5-14(18)20)11-7-10(9-19)12(22-3)8-13(11)23-17/h7-9,15-16,21H,4-6H2,1-3H3/t15-,16+/m0/s1. The highest BCUT2D eigenvalue weighted by Gasteiger charge is 2.47. The first-order valence-electron chi connectivity index (χ1n) is 7.72. The lowest BCUT2D eigenvalue weighted by Gasteiger charge is -2.45. The van der Waals surface area contributed by atoms with Gasteiger partial charge in [-0.25, -0.2) is 0 Å². The number of aliphatic hydroxyl groups is 1. The Morgan fingerprint density at radius 3 is 2.74 bits per heavy atom. The van der Waals surface area contributed by atoms with E-state index < -0.39 is 17.7 Å². The fraction of sp³-hybridized carbons (Fsp3) is 0.529. The molecule has 1 amide bonds. The molecule has 2 atom stereocenters. The van der Waals surface area contributed by atoms with Gasteiger partial charge in [-0.2, -0.15) is 0 Å². The Hall–Kier alpha value is -2.08. The fourth-order valence-electron chi connectivity index (χ4n) is 3.38. The molecule has 1 N–H and O–H groups in total. The number of ether oxygens (including phenoxy) is 2. The maximum Gasteiger partial charge on any atom is 0.223 e. The topological polar surface area (TPSA) is 76.1 Å². The van der Waals surface area contributed by atoms with Gasteiger partial charge < -0.3 is 19.5 Å². The van der Waals surface area contributed by atoms with Gasteiger partial charge in [-0.1, -0.05) is 0 Å². The van der Waals surface area contributed by atoms with E-state index in [1.54, 1.807) is 30.9 Å². The number of hydrogen-bond acceptors (Lipinski definition) is 5. The molecule has 2 heterocycles. The summed E-state index contributed by atoms with van der Waals surface area (Å²) >= 11 is 0. The molecule has 0 radical (unpaired) electrons. The molecule has 1 aromatic rings. The molecule has 1 saturated heterocycles. The largest absolute Gasteiger partial charge is 0.496 e. The van der Waals surface area contributed by atoms with Crippen molar-refractivity contribution >= 4 is 12.2 Å². The Morgan fingerprint density at radius 1 is 1.43 bits per heavy atom. The predicted octanol–water partition coefficient (Wildman–Crippen LogP) is 1.70. The van der Waals surface area contributed by atoms with Crippen molar-refractivity contribution in [3.05, 3.63) is 23.3 Å². The summed E-state index contributed by atoms with van der Waals surface area (Å²) < 4.78 is 11.1. The number of rotatable bonds is 3. The normalized spacial score (nSPS) is 25.7. The number of amides is 1. The molecular formula is C17H21NO5. The Balaban J connectivity index is 2.16. The van der Waals surface area contributed by atoms with Crippen molar-refractivity contribution in [1.82, 2.24) is 4.90 Å². The quantitative estimate of drug-likeness (QED) is 0.858. The average Bonchev–Trinajstić information content (AvgIpc) is 2.93. The SMILES string of the molecule is COc1cc2c(cc1C=O)[C@H](N1CCCC1=O)[C@@H](O)C(C)(C)O2. The summed E-state index contributed by atoms with van der Waals surface area (Å²) in [5, 5.41) is 10.8. The molecule has 2 aliphatic heterocycles. The van der Waals surface area contributed by atoms with Crippen LogP contribution in [0.5, 0.6) is 11.5 Å². The van der Waals surface area contributed by atoms with Gasteiger partial charge in [0.25, 0.3) is 0 Å². The first-order chi connectivity index (χ1) is 10.9. The first-order valence-corrected chi connectivity index (χ1v) is 7.72. The molecule has 6 nitrogen and oxygen atoms in total. The molecule has 0 spiro atoms. The third-order valence-electron chi connectivity index (χ3n) is 4.64. The Labute approximate surface area is 135 Å². The Bertz CT molecular complexity index is 655. The van der Waals surface area contributed by atoms with Gasteiger partial charge in [-0.15, -0.1) is 0 Å². The second kappa shape index (κ2) is 5.53. The fourth-order valence-corrected chi connectivity index (χ4v) is 3.38. The van der Waals surface area contributed by atoms with Crippen LogP contribution in [0.4, 0.5) is 0 Å². The van der Waals surface area contributed by atoms with E-state index in [9.17, 15) is 14.7 Å². The van der Waals surface area contributed by atoms with Crippen molar-refractivity contribution < 1.29 is 24.2 Å². The minimum Gasteiger partial charge on any atom is -0.496 e. The van der Waals surface area contributed by atoms with Crippen LogP contribution in [0.25, 0.3) is 0 Å². The van der Waals surface area contributed by atoms with Gasteiger partial charge >= 0.3 is 0 Å².